The van der Waals surface area contributed by atoms with Gasteiger partial charge in [-0.15, -0.1) is 0 Å². The predicted molar refractivity (Wildman–Crippen MR) is 84.2 cm³/mol. The van der Waals surface area contributed by atoms with Crippen molar-refractivity contribution < 1.29 is 18.7 Å². The molecule has 0 bridgehead atoms. The largest absolute Gasteiger partial charge is 0.394 e. The zero-order valence-corrected chi connectivity index (χ0v) is 12.6. The Labute approximate surface area is 133 Å². The van der Waals surface area contributed by atoms with Gasteiger partial charge in [0.05, 0.1) is 18.3 Å². The highest BCUT2D eigenvalue weighted by atomic mass is 19.1. The number of aliphatic hydroxyl groups is 1. The minimum atomic E-state index is -0.864. The summed E-state index contributed by atoms with van der Waals surface area (Å²) in [5.74, 6) is -1.72. The maximum Gasteiger partial charge on any atom is 0.319 e. The fraction of sp³-hybridized carbons (Fsp3) is 0.235. The van der Waals surface area contributed by atoms with E-state index >= 15 is 0 Å². The molecule has 2 aromatic rings. The molecule has 0 heterocycles. The third-order valence-corrected chi connectivity index (χ3v) is 3.62. The molecule has 23 heavy (non-hydrogen) atoms. The van der Waals surface area contributed by atoms with Crippen LogP contribution in [0.5, 0.6) is 0 Å². The zero-order chi connectivity index (χ0) is 16.8. The van der Waals surface area contributed by atoms with Crippen LogP contribution in [0.1, 0.15) is 18.4 Å². The van der Waals surface area contributed by atoms with E-state index in [1.165, 1.54) is 0 Å². The number of hydrogen-bond acceptors (Lipinski definition) is 2. The summed E-state index contributed by atoms with van der Waals surface area (Å²) in [6.45, 7) is 1.60. The Kier molecular flexibility index (Phi) is 5.65. The molecule has 0 aromatic heterocycles. The fourth-order valence-electron chi connectivity index (χ4n) is 2.24. The first-order valence-corrected chi connectivity index (χ1v) is 7.19. The van der Waals surface area contributed by atoms with E-state index in [9.17, 15) is 18.7 Å². The van der Waals surface area contributed by atoms with Gasteiger partial charge in [0, 0.05) is 12.0 Å². The molecule has 0 aliphatic carbocycles. The first-order chi connectivity index (χ1) is 11.0. The number of nitrogens with one attached hydrogen (secondary N) is 2. The van der Waals surface area contributed by atoms with Crippen LogP contribution in [-0.2, 0) is 0 Å². The minimum absolute atomic E-state index is 0.132. The Morgan fingerprint density at radius 1 is 1.17 bits per heavy atom. The number of aliphatic hydroxyl groups excluding tert-OH is 1. The quantitative estimate of drug-likeness (QED) is 0.792. The Balaban J connectivity index is 2.02. The van der Waals surface area contributed by atoms with Gasteiger partial charge in [0.25, 0.3) is 0 Å². The third kappa shape index (κ3) is 4.50. The molecule has 0 radical (unpaired) electrons. The van der Waals surface area contributed by atoms with Gasteiger partial charge in [-0.1, -0.05) is 37.3 Å². The number of carbonyl (C=O) groups is 1. The molecule has 2 rings (SSSR count). The highest BCUT2D eigenvalue weighted by molar-refractivity contribution is 5.89. The SMILES string of the molecule is C[C@@H](c1ccccc1)[C@H](CO)NC(=O)Nc1ccc(F)cc1F. The van der Waals surface area contributed by atoms with E-state index in [1.54, 1.807) is 0 Å². The van der Waals surface area contributed by atoms with Crippen molar-refractivity contribution in [2.45, 2.75) is 18.9 Å². The summed E-state index contributed by atoms with van der Waals surface area (Å²) in [5.41, 5.74) is 0.827. The van der Waals surface area contributed by atoms with Crippen molar-refractivity contribution in [1.82, 2.24) is 5.32 Å². The highest BCUT2D eigenvalue weighted by Crippen LogP contribution is 2.19. The van der Waals surface area contributed by atoms with Crippen LogP contribution in [0.25, 0.3) is 0 Å². The van der Waals surface area contributed by atoms with E-state index in [4.69, 9.17) is 0 Å². The van der Waals surface area contributed by atoms with E-state index in [0.29, 0.717) is 6.07 Å². The second-order valence-corrected chi connectivity index (χ2v) is 5.21. The summed E-state index contributed by atoms with van der Waals surface area (Å²) in [4.78, 5) is 12.0. The average Bonchev–Trinajstić information content (AvgIpc) is 2.55. The van der Waals surface area contributed by atoms with Crippen LogP contribution in [0.2, 0.25) is 0 Å². The first kappa shape index (κ1) is 16.9. The Morgan fingerprint density at radius 3 is 2.48 bits per heavy atom. The third-order valence-electron chi connectivity index (χ3n) is 3.62. The number of urea groups is 1. The van der Waals surface area contributed by atoms with Gasteiger partial charge in [-0.25, -0.2) is 13.6 Å². The summed E-state index contributed by atoms with van der Waals surface area (Å²) >= 11 is 0. The van der Waals surface area contributed by atoms with E-state index in [1.807, 2.05) is 37.3 Å². The summed E-state index contributed by atoms with van der Waals surface area (Å²) in [6, 6.07) is 11.1. The maximum absolute atomic E-state index is 13.5. The van der Waals surface area contributed by atoms with Crippen LogP contribution in [0, 0.1) is 11.6 Å². The van der Waals surface area contributed by atoms with Crippen LogP contribution in [0.15, 0.2) is 48.5 Å². The molecule has 2 aromatic carbocycles. The number of anilines is 1. The monoisotopic (exact) mass is 320 g/mol. The first-order valence-electron chi connectivity index (χ1n) is 7.19. The normalized spacial score (nSPS) is 13.2. The number of benzene rings is 2. The molecular formula is C17H18F2N2O2. The molecule has 2 amide bonds. The van der Waals surface area contributed by atoms with E-state index < -0.39 is 23.7 Å². The minimum Gasteiger partial charge on any atom is -0.394 e. The molecule has 6 heteroatoms. The van der Waals surface area contributed by atoms with Gasteiger partial charge < -0.3 is 15.7 Å². The highest BCUT2D eigenvalue weighted by Gasteiger charge is 2.20. The fourth-order valence-corrected chi connectivity index (χ4v) is 2.24. The van der Waals surface area contributed by atoms with Crippen LogP contribution >= 0.6 is 0 Å². The van der Waals surface area contributed by atoms with Gasteiger partial charge in [0.15, 0.2) is 0 Å². The van der Waals surface area contributed by atoms with Gasteiger partial charge in [-0.3, -0.25) is 0 Å². The second-order valence-electron chi connectivity index (χ2n) is 5.21. The Morgan fingerprint density at radius 2 is 1.87 bits per heavy atom. The van der Waals surface area contributed by atoms with Crippen molar-refractivity contribution in [3.05, 3.63) is 65.7 Å². The van der Waals surface area contributed by atoms with Crippen LogP contribution in [0.4, 0.5) is 19.3 Å². The van der Waals surface area contributed by atoms with Crippen LogP contribution < -0.4 is 10.6 Å². The number of carbonyl (C=O) groups excluding carboxylic acids is 1. The lowest BCUT2D eigenvalue weighted by Crippen LogP contribution is -2.43. The van der Waals surface area contributed by atoms with E-state index in [2.05, 4.69) is 10.6 Å². The lowest BCUT2D eigenvalue weighted by Gasteiger charge is -2.24. The topological polar surface area (TPSA) is 61.4 Å². The Hall–Kier alpha value is -2.47. The molecule has 0 aliphatic heterocycles. The van der Waals surface area contributed by atoms with Gasteiger partial charge in [0.2, 0.25) is 0 Å². The molecule has 3 N–H and O–H groups in total. The van der Waals surface area contributed by atoms with Gasteiger partial charge in [0.1, 0.15) is 11.6 Å². The van der Waals surface area contributed by atoms with Crippen molar-refractivity contribution in [1.29, 1.82) is 0 Å². The average molecular weight is 320 g/mol. The van der Waals surface area contributed by atoms with Crippen LogP contribution in [0.3, 0.4) is 0 Å². The smallest absolute Gasteiger partial charge is 0.319 e. The molecule has 2 atom stereocenters. The molecule has 0 saturated carbocycles. The van der Waals surface area contributed by atoms with Gasteiger partial charge in [-0.05, 0) is 17.7 Å². The molecule has 0 fully saturated rings. The lowest BCUT2D eigenvalue weighted by molar-refractivity contribution is 0.215. The van der Waals surface area contributed by atoms with E-state index in [-0.39, 0.29) is 18.2 Å². The molecule has 0 spiro atoms. The lowest BCUT2D eigenvalue weighted by atomic mass is 9.94. The molecule has 0 unspecified atom stereocenters. The zero-order valence-electron chi connectivity index (χ0n) is 12.6. The maximum atomic E-state index is 13.5. The molecule has 122 valence electrons. The number of halogens is 2. The van der Waals surface area contributed by atoms with Gasteiger partial charge in [-0.2, -0.15) is 0 Å². The summed E-state index contributed by atoms with van der Waals surface area (Å²) in [6.07, 6.45) is 0. The number of hydrogen-bond donors (Lipinski definition) is 3. The van der Waals surface area contributed by atoms with Gasteiger partial charge >= 0.3 is 6.03 Å². The van der Waals surface area contributed by atoms with E-state index in [0.717, 1.165) is 17.7 Å². The van der Waals surface area contributed by atoms with Crippen LogP contribution in [-0.4, -0.2) is 23.8 Å². The predicted octanol–water partition coefficient (Wildman–Crippen LogP) is 3.25. The molecule has 0 saturated heterocycles. The van der Waals surface area contributed by atoms with Crippen molar-refractivity contribution in [3.8, 4) is 0 Å². The van der Waals surface area contributed by atoms with Crippen molar-refractivity contribution in [3.63, 3.8) is 0 Å². The summed E-state index contributed by atoms with van der Waals surface area (Å²) in [7, 11) is 0. The molecular weight excluding hydrogens is 302 g/mol. The van der Waals surface area contributed by atoms with Crippen molar-refractivity contribution in [2.24, 2.45) is 0 Å². The van der Waals surface area contributed by atoms with Crippen molar-refractivity contribution >= 4 is 11.7 Å². The number of rotatable bonds is 5. The number of amides is 2. The summed E-state index contributed by atoms with van der Waals surface area (Å²) in [5, 5.41) is 14.4. The second kappa shape index (κ2) is 7.69. The molecule has 4 nitrogen and oxygen atoms in total. The standard InChI is InChI=1S/C17H18F2N2O2/c1-11(12-5-3-2-4-6-12)16(10-22)21-17(23)20-15-8-7-13(18)9-14(15)19/h2-9,11,16,22H,10H2,1H3,(H2,20,21,23)/t11-,16-/m0/s1. The van der Waals surface area contributed by atoms with Crippen molar-refractivity contribution in [2.75, 3.05) is 11.9 Å². The summed E-state index contributed by atoms with van der Waals surface area (Å²) < 4.78 is 26.4. The molecule has 0 aliphatic rings. The Bertz CT molecular complexity index is 665.